The van der Waals surface area contributed by atoms with E-state index in [0.29, 0.717) is 0 Å². The van der Waals surface area contributed by atoms with Gasteiger partial charge in [-0.25, -0.2) is 4.98 Å². The summed E-state index contributed by atoms with van der Waals surface area (Å²) >= 11 is 0. The van der Waals surface area contributed by atoms with E-state index in [2.05, 4.69) is 16.8 Å². The van der Waals surface area contributed by atoms with Gasteiger partial charge in [0.1, 0.15) is 5.82 Å². The van der Waals surface area contributed by atoms with Crippen molar-refractivity contribution in [3.8, 4) is 0 Å². The molecule has 1 aromatic heterocycles. The Kier molecular flexibility index (Phi) is 3.44. The predicted octanol–water partition coefficient (Wildman–Crippen LogP) is 2.37. The molecule has 2 rings (SSSR count). The van der Waals surface area contributed by atoms with Crippen LogP contribution in [0.3, 0.4) is 0 Å². The van der Waals surface area contributed by atoms with Crippen LogP contribution in [-0.4, -0.2) is 23.2 Å². The number of aliphatic hydroxyl groups excluding tert-OH is 1. The van der Waals surface area contributed by atoms with E-state index in [1.807, 2.05) is 12.1 Å². The Morgan fingerprint density at radius 2 is 2.31 bits per heavy atom. The van der Waals surface area contributed by atoms with Crippen LogP contribution in [0.5, 0.6) is 0 Å². The smallest absolute Gasteiger partial charge is 0.134 e. The standard InChI is InChI=1S/C13H20N2O/c1-3-15(9-11-6-7-11)13-12(10(2)16)5-4-8-14-13/h4-5,8,10-11,16H,3,6-7,9H2,1-2H3/t10-/m1/s1. The van der Waals surface area contributed by atoms with Crippen LogP contribution in [0.15, 0.2) is 18.3 Å². The number of aliphatic hydroxyl groups is 1. The Hall–Kier alpha value is -1.09. The molecule has 1 fully saturated rings. The molecule has 88 valence electrons. The van der Waals surface area contributed by atoms with Gasteiger partial charge in [0.2, 0.25) is 0 Å². The lowest BCUT2D eigenvalue weighted by Gasteiger charge is -2.25. The molecule has 0 aromatic carbocycles. The normalized spacial score (nSPS) is 17.2. The first-order valence-electron chi connectivity index (χ1n) is 6.10. The van der Waals surface area contributed by atoms with Gasteiger partial charge in [-0.2, -0.15) is 0 Å². The van der Waals surface area contributed by atoms with E-state index in [1.165, 1.54) is 12.8 Å². The van der Waals surface area contributed by atoms with Crippen molar-refractivity contribution in [2.24, 2.45) is 5.92 Å². The van der Waals surface area contributed by atoms with Crippen molar-refractivity contribution in [1.29, 1.82) is 0 Å². The zero-order chi connectivity index (χ0) is 11.5. The maximum Gasteiger partial charge on any atom is 0.134 e. The number of anilines is 1. The molecule has 1 aliphatic rings. The molecule has 0 amide bonds. The zero-order valence-electron chi connectivity index (χ0n) is 10.1. The van der Waals surface area contributed by atoms with Gasteiger partial charge in [0.15, 0.2) is 0 Å². The highest BCUT2D eigenvalue weighted by Crippen LogP contribution is 2.32. The molecule has 0 unspecified atom stereocenters. The van der Waals surface area contributed by atoms with Crippen molar-refractivity contribution in [2.75, 3.05) is 18.0 Å². The van der Waals surface area contributed by atoms with Gasteiger partial charge < -0.3 is 10.0 Å². The van der Waals surface area contributed by atoms with Crippen molar-refractivity contribution in [1.82, 2.24) is 4.98 Å². The third-order valence-corrected chi connectivity index (χ3v) is 3.12. The number of rotatable bonds is 5. The molecule has 1 aromatic rings. The molecule has 1 saturated carbocycles. The van der Waals surface area contributed by atoms with Gasteiger partial charge in [-0.05, 0) is 38.7 Å². The van der Waals surface area contributed by atoms with E-state index in [9.17, 15) is 5.11 Å². The molecule has 3 heteroatoms. The zero-order valence-corrected chi connectivity index (χ0v) is 10.1. The van der Waals surface area contributed by atoms with Crippen molar-refractivity contribution < 1.29 is 5.11 Å². The van der Waals surface area contributed by atoms with E-state index < -0.39 is 6.10 Å². The maximum atomic E-state index is 9.73. The summed E-state index contributed by atoms with van der Waals surface area (Å²) in [5.74, 6) is 1.79. The fourth-order valence-corrected chi connectivity index (χ4v) is 1.98. The topological polar surface area (TPSA) is 36.4 Å². The monoisotopic (exact) mass is 220 g/mol. The molecule has 0 spiro atoms. The summed E-state index contributed by atoms with van der Waals surface area (Å²) in [6.07, 6.45) is 4.04. The van der Waals surface area contributed by atoms with E-state index >= 15 is 0 Å². The lowest BCUT2D eigenvalue weighted by Crippen LogP contribution is -2.27. The molecule has 1 aliphatic carbocycles. The van der Waals surface area contributed by atoms with Crippen LogP contribution in [-0.2, 0) is 0 Å². The first-order valence-corrected chi connectivity index (χ1v) is 6.10. The average Bonchev–Trinajstić information content (AvgIpc) is 3.09. The summed E-state index contributed by atoms with van der Waals surface area (Å²) in [5, 5.41) is 9.73. The van der Waals surface area contributed by atoms with Gasteiger partial charge in [-0.3, -0.25) is 0 Å². The molecular weight excluding hydrogens is 200 g/mol. The van der Waals surface area contributed by atoms with E-state index in [4.69, 9.17) is 0 Å². The van der Waals surface area contributed by atoms with Gasteiger partial charge in [0.05, 0.1) is 6.10 Å². The highest BCUT2D eigenvalue weighted by molar-refractivity contribution is 5.47. The summed E-state index contributed by atoms with van der Waals surface area (Å²) in [6.45, 7) is 5.97. The molecule has 16 heavy (non-hydrogen) atoms. The Bertz CT molecular complexity index is 348. The predicted molar refractivity (Wildman–Crippen MR) is 65.5 cm³/mol. The van der Waals surface area contributed by atoms with Crippen LogP contribution in [0.25, 0.3) is 0 Å². The van der Waals surface area contributed by atoms with Crippen LogP contribution < -0.4 is 4.90 Å². The SMILES string of the molecule is CCN(CC1CC1)c1ncccc1[C@@H](C)O. The van der Waals surface area contributed by atoms with E-state index in [-0.39, 0.29) is 0 Å². The largest absolute Gasteiger partial charge is 0.389 e. The van der Waals surface area contributed by atoms with Crippen molar-refractivity contribution in [2.45, 2.75) is 32.8 Å². The summed E-state index contributed by atoms with van der Waals surface area (Å²) < 4.78 is 0. The lowest BCUT2D eigenvalue weighted by molar-refractivity contribution is 0.199. The van der Waals surface area contributed by atoms with Crippen molar-refractivity contribution >= 4 is 5.82 Å². The number of aromatic nitrogens is 1. The highest BCUT2D eigenvalue weighted by atomic mass is 16.3. The molecule has 0 saturated heterocycles. The van der Waals surface area contributed by atoms with Gasteiger partial charge in [0, 0.05) is 24.8 Å². The molecule has 0 bridgehead atoms. The Morgan fingerprint density at radius 3 is 2.88 bits per heavy atom. The van der Waals surface area contributed by atoms with Gasteiger partial charge in [0.25, 0.3) is 0 Å². The summed E-state index contributed by atoms with van der Waals surface area (Å²) in [6, 6.07) is 3.85. The molecular formula is C13H20N2O. The third kappa shape index (κ3) is 2.53. The van der Waals surface area contributed by atoms with Crippen LogP contribution >= 0.6 is 0 Å². The lowest BCUT2D eigenvalue weighted by atomic mass is 10.1. The minimum Gasteiger partial charge on any atom is -0.389 e. The maximum absolute atomic E-state index is 9.73. The highest BCUT2D eigenvalue weighted by Gasteiger charge is 2.25. The summed E-state index contributed by atoms with van der Waals surface area (Å²) in [5.41, 5.74) is 0.935. The molecule has 3 nitrogen and oxygen atoms in total. The molecule has 0 radical (unpaired) electrons. The minimum atomic E-state index is -0.447. The summed E-state index contributed by atoms with van der Waals surface area (Å²) in [7, 11) is 0. The van der Waals surface area contributed by atoms with Crippen LogP contribution in [0.1, 0.15) is 38.4 Å². The Morgan fingerprint density at radius 1 is 1.56 bits per heavy atom. The number of nitrogens with zero attached hydrogens (tertiary/aromatic N) is 2. The van der Waals surface area contributed by atoms with Crippen molar-refractivity contribution in [3.63, 3.8) is 0 Å². The first-order chi connectivity index (χ1) is 7.72. The second-order valence-corrected chi connectivity index (χ2v) is 4.57. The second-order valence-electron chi connectivity index (χ2n) is 4.57. The molecule has 1 atom stereocenters. The number of hydrogen-bond donors (Lipinski definition) is 1. The quantitative estimate of drug-likeness (QED) is 0.827. The van der Waals surface area contributed by atoms with Crippen molar-refractivity contribution in [3.05, 3.63) is 23.9 Å². The van der Waals surface area contributed by atoms with Gasteiger partial charge >= 0.3 is 0 Å². The third-order valence-electron chi connectivity index (χ3n) is 3.12. The summed E-state index contributed by atoms with van der Waals surface area (Å²) in [4.78, 5) is 6.70. The molecule has 1 heterocycles. The number of hydrogen-bond acceptors (Lipinski definition) is 3. The fourth-order valence-electron chi connectivity index (χ4n) is 1.98. The Labute approximate surface area is 97.1 Å². The van der Waals surface area contributed by atoms with Crippen LogP contribution in [0.2, 0.25) is 0 Å². The minimum absolute atomic E-state index is 0.447. The van der Waals surface area contributed by atoms with E-state index in [0.717, 1.165) is 30.4 Å². The van der Waals surface area contributed by atoms with Crippen LogP contribution in [0.4, 0.5) is 5.82 Å². The van der Waals surface area contributed by atoms with Crippen LogP contribution in [0, 0.1) is 5.92 Å². The van der Waals surface area contributed by atoms with E-state index in [1.54, 1.807) is 13.1 Å². The number of pyridine rings is 1. The van der Waals surface area contributed by atoms with Gasteiger partial charge in [-0.15, -0.1) is 0 Å². The fraction of sp³-hybridized carbons (Fsp3) is 0.615. The van der Waals surface area contributed by atoms with Gasteiger partial charge in [-0.1, -0.05) is 6.07 Å². The molecule has 0 aliphatic heterocycles. The average molecular weight is 220 g/mol. The Balaban J connectivity index is 2.21. The first kappa shape index (κ1) is 11.4. The second kappa shape index (κ2) is 4.83. The molecule has 1 N–H and O–H groups in total.